The van der Waals surface area contributed by atoms with Gasteiger partial charge in [-0.25, -0.2) is 4.98 Å². The van der Waals surface area contributed by atoms with Gasteiger partial charge in [0.25, 0.3) is 0 Å². The van der Waals surface area contributed by atoms with Crippen molar-refractivity contribution in [3.05, 3.63) is 53.9 Å². The van der Waals surface area contributed by atoms with Crippen LogP contribution in [0.15, 0.2) is 42.7 Å². The Morgan fingerprint density at radius 2 is 2.00 bits per heavy atom. The van der Waals surface area contributed by atoms with Crippen molar-refractivity contribution >= 4 is 17.2 Å². The number of carbonyl (C=O) groups excluding carboxylic acids is 1. The zero-order valence-corrected chi connectivity index (χ0v) is 12.6. The number of aromatic nitrogens is 2. The van der Waals surface area contributed by atoms with Crippen LogP contribution in [0, 0.1) is 13.8 Å². The maximum absolute atomic E-state index is 11.4. The number of rotatable bonds is 3. The van der Waals surface area contributed by atoms with Crippen LogP contribution in [0.5, 0.6) is 0 Å². The van der Waals surface area contributed by atoms with E-state index in [2.05, 4.69) is 42.3 Å². The van der Waals surface area contributed by atoms with Gasteiger partial charge >= 0.3 is 0 Å². The Balaban J connectivity index is 1.98. The Hall–Kier alpha value is -2.66. The van der Waals surface area contributed by atoms with Gasteiger partial charge in [-0.1, -0.05) is 12.1 Å². The largest absolute Gasteiger partial charge is 0.324 e. The van der Waals surface area contributed by atoms with Crippen molar-refractivity contribution < 1.29 is 4.79 Å². The number of pyridine rings is 1. The highest BCUT2D eigenvalue weighted by atomic mass is 16.1. The average Bonchev–Trinajstić information content (AvgIpc) is 2.93. The van der Waals surface area contributed by atoms with E-state index in [9.17, 15) is 4.79 Å². The molecule has 0 saturated carbocycles. The van der Waals surface area contributed by atoms with E-state index in [1.807, 2.05) is 28.9 Å². The minimum atomic E-state index is -0.214. The maximum Gasteiger partial charge on any atom is 0.238 e. The van der Waals surface area contributed by atoms with E-state index >= 15 is 0 Å². The number of anilines is 1. The quantitative estimate of drug-likeness (QED) is 0.779. The highest BCUT2D eigenvalue weighted by molar-refractivity contribution is 5.92. The molecule has 5 nitrogen and oxygen atoms in total. The SMILES string of the molecule is Cc1ccc(-c2cn3cc(NC(=O)CN)ccc3n2)cc1C. The smallest absolute Gasteiger partial charge is 0.238 e. The van der Waals surface area contributed by atoms with Gasteiger partial charge < -0.3 is 15.5 Å². The van der Waals surface area contributed by atoms with Crippen LogP contribution in [-0.4, -0.2) is 21.8 Å². The van der Waals surface area contributed by atoms with Gasteiger partial charge in [0.05, 0.1) is 17.9 Å². The number of hydrogen-bond donors (Lipinski definition) is 2. The number of fused-ring (bicyclic) bond motifs is 1. The van der Waals surface area contributed by atoms with Gasteiger partial charge in [-0.2, -0.15) is 0 Å². The van der Waals surface area contributed by atoms with Gasteiger partial charge in [0, 0.05) is 18.0 Å². The van der Waals surface area contributed by atoms with Crippen molar-refractivity contribution in [3.8, 4) is 11.3 Å². The molecule has 3 aromatic rings. The Labute approximate surface area is 128 Å². The second-order valence-corrected chi connectivity index (χ2v) is 5.36. The van der Waals surface area contributed by atoms with Crippen LogP contribution in [0.1, 0.15) is 11.1 Å². The maximum atomic E-state index is 11.4. The lowest BCUT2D eigenvalue weighted by Crippen LogP contribution is -2.21. The zero-order chi connectivity index (χ0) is 15.7. The lowest BCUT2D eigenvalue weighted by molar-refractivity contribution is -0.114. The fourth-order valence-electron chi connectivity index (χ4n) is 2.32. The molecule has 3 rings (SSSR count). The number of aryl methyl sites for hydroxylation is 2. The summed E-state index contributed by atoms with van der Waals surface area (Å²) in [6.07, 6.45) is 3.79. The molecule has 0 bridgehead atoms. The summed E-state index contributed by atoms with van der Waals surface area (Å²) in [5.74, 6) is -0.214. The summed E-state index contributed by atoms with van der Waals surface area (Å²) in [6.45, 7) is 4.15. The summed E-state index contributed by atoms with van der Waals surface area (Å²) in [6, 6.07) is 9.99. The van der Waals surface area contributed by atoms with Gasteiger partial charge in [0.15, 0.2) is 0 Å². The molecule has 0 aliphatic heterocycles. The van der Waals surface area contributed by atoms with Crippen LogP contribution in [0.2, 0.25) is 0 Å². The Kier molecular flexibility index (Phi) is 3.65. The van der Waals surface area contributed by atoms with Crippen LogP contribution in [0.4, 0.5) is 5.69 Å². The monoisotopic (exact) mass is 294 g/mol. The highest BCUT2D eigenvalue weighted by Gasteiger charge is 2.07. The Morgan fingerprint density at radius 3 is 2.73 bits per heavy atom. The van der Waals surface area contributed by atoms with Crippen molar-refractivity contribution in [1.29, 1.82) is 0 Å². The molecule has 22 heavy (non-hydrogen) atoms. The molecule has 1 amide bonds. The van der Waals surface area contributed by atoms with Gasteiger partial charge in [-0.15, -0.1) is 0 Å². The number of amides is 1. The zero-order valence-electron chi connectivity index (χ0n) is 12.6. The van der Waals surface area contributed by atoms with E-state index in [-0.39, 0.29) is 12.5 Å². The molecule has 1 aromatic carbocycles. The number of nitrogens with zero attached hydrogens (tertiary/aromatic N) is 2. The third-order valence-corrected chi connectivity index (χ3v) is 3.72. The van der Waals surface area contributed by atoms with E-state index in [1.165, 1.54) is 11.1 Å². The Morgan fingerprint density at radius 1 is 1.18 bits per heavy atom. The molecule has 2 heterocycles. The molecular formula is C17H18N4O. The van der Waals surface area contributed by atoms with Gasteiger partial charge in [0.2, 0.25) is 5.91 Å². The molecule has 0 fully saturated rings. The van der Waals surface area contributed by atoms with E-state index in [4.69, 9.17) is 5.73 Å². The molecule has 0 aliphatic rings. The van der Waals surface area contributed by atoms with Crippen LogP contribution in [0.3, 0.4) is 0 Å². The molecule has 0 atom stereocenters. The fourth-order valence-corrected chi connectivity index (χ4v) is 2.32. The number of nitrogens with two attached hydrogens (primary N) is 1. The molecule has 112 valence electrons. The second-order valence-electron chi connectivity index (χ2n) is 5.36. The molecule has 5 heteroatoms. The molecule has 0 saturated heterocycles. The first-order valence-corrected chi connectivity index (χ1v) is 7.13. The third kappa shape index (κ3) is 2.71. The molecule has 0 aliphatic carbocycles. The molecule has 0 radical (unpaired) electrons. The van der Waals surface area contributed by atoms with Crippen LogP contribution in [0.25, 0.3) is 16.9 Å². The molecule has 0 unspecified atom stereocenters. The van der Waals surface area contributed by atoms with Gasteiger partial charge in [0.1, 0.15) is 5.65 Å². The topological polar surface area (TPSA) is 72.4 Å². The summed E-state index contributed by atoms with van der Waals surface area (Å²) in [5, 5.41) is 2.74. The van der Waals surface area contributed by atoms with Crippen molar-refractivity contribution in [1.82, 2.24) is 9.38 Å². The van der Waals surface area contributed by atoms with Crippen molar-refractivity contribution in [2.75, 3.05) is 11.9 Å². The molecular weight excluding hydrogens is 276 g/mol. The molecule has 2 aromatic heterocycles. The first-order valence-electron chi connectivity index (χ1n) is 7.13. The average molecular weight is 294 g/mol. The fraction of sp³-hybridized carbons (Fsp3) is 0.176. The number of hydrogen-bond acceptors (Lipinski definition) is 3. The summed E-state index contributed by atoms with van der Waals surface area (Å²) in [4.78, 5) is 16.0. The minimum absolute atomic E-state index is 0.0319. The minimum Gasteiger partial charge on any atom is -0.324 e. The van der Waals surface area contributed by atoms with Crippen LogP contribution in [-0.2, 0) is 4.79 Å². The standard InChI is InChI=1S/C17H18N4O/c1-11-3-4-13(7-12(11)2)15-10-21-9-14(19-17(22)8-18)5-6-16(21)20-15/h3-7,9-10H,8,18H2,1-2H3,(H,19,22). The van der Waals surface area contributed by atoms with Gasteiger partial charge in [-0.3, -0.25) is 4.79 Å². The second kappa shape index (κ2) is 5.61. The third-order valence-electron chi connectivity index (χ3n) is 3.72. The highest BCUT2D eigenvalue weighted by Crippen LogP contribution is 2.22. The molecule has 0 spiro atoms. The summed E-state index contributed by atoms with van der Waals surface area (Å²) >= 11 is 0. The summed E-state index contributed by atoms with van der Waals surface area (Å²) in [5.41, 5.74) is 11.3. The van der Waals surface area contributed by atoms with Crippen molar-refractivity contribution in [2.24, 2.45) is 5.73 Å². The van der Waals surface area contributed by atoms with Crippen molar-refractivity contribution in [3.63, 3.8) is 0 Å². The first-order chi connectivity index (χ1) is 10.6. The predicted octanol–water partition coefficient (Wildman–Crippen LogP) is 2.52. The first kappa shape index (κ1) is 14.3. The lowest BCUT2D eigenvalue weighted by Gasteiger charge is -2.03. The lowest BCUT2D eigenvalue weighted by atomic mass is 10.1. The van der Waals surface area contributed by atoms with Gasteiger partial charge in [-0.05, 0) is 43.2 Å². The van der Waals surface area contributed by atoms with E-state index in [0.717, 1.165) is 16.9 Å². The van der Waals surface area contributed by atoms with E-state index < -0.39 is 0 Å². The van der Waals surface area contributed by atoms with Crippen molar-refractivity contribution in [2.45, 2.75) is 13.8 Å². The summed E-state index contributed by atoms with van der Waals surface area (Å²) < 4.78 is 1.90. The van der Waals surface area contributed by atoms with E-state index in [0.29, 0.717) is 5.69 Å². The number of carbonyl (C=O) groups is 1. The van der Waals surface area contributed by atoms with Crippen LogP contribution < -0.4 is 11.1 Å². The number of benzene rings is 1. The number of nitrogens with one attached hydrogen (secondary N) is 1. The predicted molar refractivity (Wildman–Crippen MR) is 87.8 cm³/mol. The Bertz CT molecular complexity index is 851. The summed E-state index contributed by atoms with van der Waals surface area (Å²) in [7, 11) is 0. The normalized spacial score (nSPS) is 10.9. The van der Waals surface area contributed by atoms with E-state index in [1.54, 1.807) is 0 Å². The number of imidazole rings is 1. The molecule has 3 N–H and O–H groups in total. The van der Waals surface area contributed by atoms with Crippen LogP contribution >= 0.6 is 0 Å².